The molecule has 0 aromatic heterocycles. The lowest BCUT2D eigenvalue weighted by Gasteiger charge is -2.06. The molecule has 2 nitrogen and oxygen atoms in total. The van der Waals surface area contributed by atoms with Crippen molar-refractivity contribution >= 4 is 9.84 Å². The van der Waals surface area contributed by atoms with Gasteiger partial charge in [-0.25, -0.2) is 8.42 Å². The summed E-state index contributed by atoms with van der Waals surface area (Å²) in [7, 11) is -3.10. The lowest BCUT2D eigenvalue weighted by molar-refractivity contribution is 0.582. The van der Waals surface area contributed by atoms with Crippen LogP contribution >= 0.6 is 0 Å². The first-order valence-electron chi connectivity index (χ1n) is 4.56. The number of sulfone groups is 1. The van der Waals surface area contributed by atoms with Crippen molar-refractivity contribution in [1.29, 1.82) is 0 Å². The van der Waals surface area contributed by atoms with Crippen molar-refractivity contribution in [3.63, 3.8) is 0 Å². The zero-order valence-corrected chi connectivity index (χ0v) is 9.34. The highest BCUT2D eigenvalue weighted by Gasteiger charge is 2.15. The minimum Gasteiger partial charge on any atom is -0.224 e. The molecule has 0 bridgehead atoms. The summed E-state index contributed by atoms with van der Waals surface area (Å²) in [5, 5.41) is 0. The molecule has 77 valence electrons. The number of rotatable bonds is 3. The maximum absolute atomic E-state index is 11.7. The number of hydrogen-bond donors (Lipinski definition) is 0. The molecule has 1 rings (SSSR count). The molecular weight excluding hydrogens is 196 g/mol. The molecule has 0 aliphatic heterocycles. The van der Waals surface area contributed by atoms with Crippen molar-refractivity contribution < 1.29 is 8.42 Å². The molecule has 0 fully saturated rings. The van der Waals surface area contributed by atoms with Crippen LogP contribution in [0.3, 0.4) is 0 Å². The average molecular weight is 211 g/mol. The van der Waals surface area contributed by atoms with Gasteiger partial charge in [-0.2, -0.15) is 0 Å². The Bertz CT molecular complexity index is 388. The van der Waals surface area contributed by atoms with Gasteiger partial charge >= 0.3 is 0 Å². The van der Waals surface area contributed by atoms with E-state index in [2.05, 4.69) is 6.92 Å². The fourth-order valence-electron chi connectivity index (χ4n) is 1.23. The zero-order valence-electron chi connectivity index (χ0n) is 8.53. The zero-order chi connectivity index (χ0) is 10.8. The van der Waals surface area contributed by atoms with Crippen LogP contribution in [0.25, 0.3) is 0 Å². The Kier molecular flexibility index (Phi) is 3.32. The van der Waals surface area contributed by atoms with Crippen LogP contribution < -0.4 is 0 Å². The van der Waals surface area contributed by atoms with Gasteiger partial charge in [0.2, 0.25) is 0 Å². The van der Waals surface area contributed by atoms with Crippen LogP contribution in [0.2, 0.25) is 0 Å². The third-order valence-corrected chi connectivity index (χ3v) is 3.93. The third-order valence-electron chi connectivity index (χ3n) is 1.84. The van der Waals surface area contributed by atoms with Crippen LogP contribution in [-0.2, 0) is 9.84 Å². The van der Waals surface area contributed by atoms with Gasteiger partial charge in [0, 0.05) is 0 Å². The van der Waals surface area contributed by atoms with Crippen LogP contribution in [0.5, 0.6) is 0 Å². The van der Waals surface area contributed by atoms with E-state index in [1.807, 2.05) is 13.8 Å². The summed E-state index contributed by atoms with van der Waals surface area (Å²) in [4.78, 5) is 0.388. The van der Waals surface area contributed by atoms with Crippen molar-refractivity contribution in [2.45, 2.75) is 18.7 Å². The molecule has 0 atom stereocenters. The van der Waals surface area contributed by atoms with Crippen molar-refractivity contribution in [2.75, 3.05) is 5.75 Å². The van der Waals surface area contributed by atoms with E-state index in [9.17, 15) is 8.42 Å². The summed E-state index contributed by atoms with van der Waals surface area (Å²) < 4.78 is 23.5. The third kappa shape index (κ3) is 2.84. The Morgan fingerprint density at radius 2 is 1.71 bits per heavy atom. The summed E-state index contributed by atoms with van der Waals surface area (Å²) in [5.41, 5.74) is 0.827. The van der Waals surface area contributed by atoms with Crippen LogP contribution in [0, 0.1) is 12.8 Å². The van der Waals surface area contributed by atoms with Gasteiger partial charge in [0.1, 0.15) is 0 Å². The Hall–Kier alpha value is -0.830. The van der Waals surface area contributed by atoms with Crippen molar-refractivity contribution in [3.05, 3.63) is 36.8 Å². The Labute approximate surface area is 85.9 Å². The highest BCUT2D eigenvalue weighted by Crippen LogP contribution is 2.14. The van der Waals surface area contributed by atoms with E-state index in [0.29, 0.717) is 4.90 Å². The second kappa shape index (κ2) is 4.13. The van der Waals surface area contributed by atoms with Crippen molar-refractivity contribution in [1.82, 2.24) is 0 Å². The van der Waals surface area contributed by atoms with E-state index in [4.69, 9.17) is 0 Å². The first kappa shape index (κ1) is 11.2. The molecule has 3 heteroatoms. The van der Waals surface area contributed by atoms with E-state index in [1.54, 1.807) is 24.3 Å². The molecule has 0 aliphatic carbocycles. The molecule has 0 aliphatic rings. The molecule has 0 saturated carbocycles. The largest absolute Gasteiger partial charge is 0.224 e. The fourth-order valence-corrected chi connectivity index (χ4v) is 2.85. The van der Waals surface area contributed by atoms with Crippen molar-refractivity contribution in [2.24, 2.45) is 5.92 Å². The molecule has 0 N–H and O–H groups in total. The lowest BCUT2D eigenvalue weighted by atomic mass is 10.2. The van der Waals surface area contributed by atoms with Crippen molar-refractivity contribution in [3.8, 4) is 0 Å². The molecule has 1 aromatic carbocycles. The Balaban J connectivity index is 2.99. The summed E-state index contributed by atoms with van der Waals surface area (Å²) in [5.74, 6) is 0.350. The maximum atomic E-state index is 11.7. The van der Waals surface area contributed by atoms with E-state index in [0.717, 1.165) is 5.56 Å². The van der Waals surface area contributed by atoms with Gasteiger partial charge in [0.05, 0.1) is 10.6 Å². The predicted octanol–water partition coefficient (Wildman–Crippen LogP) is 2.30. The Morgan fingerprint density at radius 3 is 2.14 bits per heavy atom. The highest BCUT2D eigenvalue weighted by atomic mass is 32.2. The summed E-state index contributed by atoms with van der Waals surface area (Å²) in [6.07, 6.45) is 0. The quantitative estimate of drug-likeness (QED) is 0.768. The van der Waals surface area contributed by atoms with Gasteiger partial charge in [0.15, 0.2) is 9.84 Å². The van der Waals surface area contributed by atoms with Crippen LogP contribution in [0.4, 0.5) is 0 Å². The van der Waals surface area contributed by atoms with E-state index >= 15 is 0 Å². The van der Waals surface area contributed by atoms with Gasteiger partial charge in [-0.3, -0.25) is 0 Å². The summed E-state index contributed by atoms with van der Waals surface area (Å²) >= 11 is 0. The monoisotopic (exact) mass is 211 g/mol. The molecular formula is C11H15O2S. The standard InChI is InChI=1S/C11H15O2S/c1-9(2)8-14(12,13)11-6-4-10(3)5-7-11/h4-7,9H,3,8H2,1-2H3. The van der Waals surface area contributed by atoms with Crippen LogP contribution in [-0.4, -0.2) is 14.2 Å². The van der Waals surface area contributed by atoms with Crippen LogP contribution in [0.15, 0.2) is 29.2 Å². The molecule has 0 saturated heterocycles. The van der Waals surface area contributed by atoms with Crippen LogP contribution in [0.1, 0.15) is 19.4 Å². The van der Waals surface area contributed by atoms with Gasteiger partial charge in [-0.1, -0.05) is 26.0 Å². The van der Waals surface area contributed by atoms with E-state index in [1.165, 1.54) is 0 Å². The Morgan fingerprint density at radius 1 is 1.21 bits per heavy atom. The SMILES string of the molecule is [CH2]c1ccc(S(=O)(=O)CC(C)C)cc1. The minimum atomic E-state index is -3.10. The fraction of sp³-hybridized carbons (Fsp3) is 0.364. The van der Waals surface area contributed by atoms with E-state index in [-0.39, 0.29) is 11.7 Å². The maximum Gasteiger partial charge on any atom is 0.178 e. The normalized spacial score (nSPS) is 12.0. The average Bonchev–Trinajstić information content (AvgIpc) is 2.02. The topological polar surface area (TPSA) is 34.1 Å². The van der Waals surface area contributed by atoms with Gasteiger partial charge in [0.25, 0.3) is 0 Å². The first-order valence-corrected chi connectivity index (χ1v) is 6.22. The molecule has 0 heterocycles. The second-order valence-corrected chi connectivity index (χ2v) is 5.85. The molecule has 14 heavy (non-hydrogen) atoms. The number of benzene rings is 1. The second-order valence-electron chi connectivity index (χ2n) is 3.82. The smallest absolute Gasteiger partial charge is 0.178 e. The number of hydrogen-bond acceptors (Lipinski definition) is 2. The van der Waals surface area contributed by atoms with E-state index < -0.39 is 9.84 Å². The van der Waals surface area contributed by atoms with Gasteiger partial charge in [-0.15, -0.1) is 0 Å². The van der Waals surface area contributed by atoms with Gasteiger partial charge in [-0.05, 0) is 30.5 Å². The highest BCUT2D eigenvalue weighted by molar-refractivity contribution is 7.91. The molecule has 0 spiro atoms. The summed E-state index contributed by atoms with van der Waals surface area (Å²) in [6, 6.07) is 6.65. The lowest BCUT2D eigenvalue weighted by Crippen LogP contribution is -2.11. The predicted molar refractivity (Wildman–Crippen MR) is 57.8 cm³/mol. The molecule has 1 aromatic rings. The molecule has 1 radical (unpaired) electrons. The molecule has 0 unspecified atom stereocenters. The molecule has 0 amide bonds. The summed E-state index contributed by atoms with van der Waals surface area (Å²) in [6.45, 7) is 7.50. The first-order chi connectivity index (χ1) is 6.42. The van der Waals surface area contributed by atoms with Gasteiger partial charge < -0.3 is 0 Å². The minimum absolute atomic E-state index is 0.152.